The number of carboxylic acid groups (broad SMARTS) is 1. The molecule has 0 saturated carbocycles. The standard InChI is InChI=1S/C22H18Cl3N3O3S/c23-22(24,25)20(28-21(32)26-16-9-4-8-15(11-16)19(30)31)27-18(29)12-14-7-3-6-13-5-1-2-10-17(13)14/h1-11,20H,12H2,(H,27,29)(H,30,31)(H2,26,28,32). The van der Waals surface area contributed by atoms with Crippen LogP contribution in [0.15, 0.2) is 66.7 Å². The van der Waals surface area contributed by atoms with Gasteiger partial charge in [-0.1, -0.05) is 83.3 Å². The van der Waals surface area contributed by atoms with Gasteiger partial charge in [-0.25, -0.2) is 4.79 Å². The first-order valence-electron chi connectivity index (χ1n) is 9.37. The molecule has 1 unspecified atom stereocenters. The maximum Gasteiger partial charge on any atom is 0.335 e. The lowest BCUT2D eigenvalue weighted by molar-refractivity contribution is -0.121. The minimum Gasteiger partial charge on any atom is -0.478 e. The van der Waals surface area contributed by atoms with Crippen LogP contribution >= 0.6 is 47.0 Å². The molecule has 0 heterocycles. The smallest absolute Gasteiger partial charge is 0.335 e. The SMILES string of the molecule is O=C(Cc1cccc2ccccc12)NC(NC(=S)Nc1cccc(C(=O)O)c1)C(Cl)(Cl)Cl. The summed E-state index contributed by atoms with van der Waals surface area (Å²) >= 11 is 23.4. The van der Waals surface area contributed by atoms with Crippen LogP contribution in [0.2, 0.25) is 0 Å². The van der Waals surface area contributed by atoms with Gasteiger partial charge in [-0.15, -0.1) is 0 Å². The van der Waals surface area contributed by atoms with Crippen molar-refractivity contribution >= 4 is 80.5 Å². The van der Waals surface area contributed by atoms with Crippen LogP contribution in [0.4, 0.5) is 5.69 Å². The Balaban J connectivity index is 1.68. The molecule has 0 aliphatic heterocycles. The number of amides is 1. The van der Waals surface area contributed by atoms with Crippen molar-refractivity contribution in [3.8, 4) is 0 Å². The molecule has 4 N–H and O–H groups in total. The fourth-order valence-electron chi connectivity index (χ4n) is 3.06. The molecule has 0 saturated heterocycles. The highest BCUT2D eigenvalue weighted by molar-refractivity contribution is 7.80. The van der Waals surface area contributed by atoms with E-state index >= 15 is 0 Å². The van der Waals surface area contributed by atoms with Gasteiger partial charge in [-0.2, -0.15) is 0 Å². The number of aromatic carboxylic acids is 1. The Labute approximate surface area is 204 Å². The van der Waals surface area contributed by atoms with Gasteiger partial charge in [-0.3, -0.25) is 4.79 Å². The second-order valence-electron chi connectivity index (χ2n) is 6.84. The van der Waals surface area contributed by atoms with E-state index in [9.17, 15) is 9.59 Å². The first-order valence-corrected chi connectivity index (χ1v) is 10.9. The first kappa shape index (κ1) is 24.1. The van der Waals surface area contributed by atoms with Crippen LogP contribution in [-0.2, 0) is 11.2 Å². The van der Waals surface area contributed by atoms with Crippen LogP contribution in [0.25, 0.3) is 10.8 Å². The molecule has 0 aliphatic rings. The maximum absolute atomic E-state index is 12.7. The van der Waals surface area contributed by atoms with Gasteiger partial charge in [0.15, 0.2) is 5.11 Å². The lowest BCUT2D eigenvalue weighted by Gasteiger charge is -2.28. The molecule has 166 valence electrons. The Morgan fingerprint density at radius 2 is 1.66 bits per heavy atom. The molecule has 32 heavy (non-hydrogen) atoms. The average molecular weight is 511 g/mol. The monoisotopic (exact) mass is 509 g/mol. The number of rotatable bonds is 6. The van der Waals surface area contributed by atoms with Crippen molar-refractivity contribution in [3.63, 3.8) is 0 Å². The summed E-state index contributed by atoms with van der Waals surface area (Å²) in [4.78, 5) is 23.8. The summed E-state index contributed by atoms with van der Waals surface area (Å²) in [6.45, 7) is 0. The molecule has 0 fully saturated rings. The third-order valence-corrected chi connectivity index (χ3v) is 5.38. The van der Waals surface area contributed by atoms with Gasteiger partial charge in [-0.05, 0) is 46.8 Å². The van der Waals surface area contributed by atoms with Gasteiger partial charge >= 0.3 is 5.97 Å². The summed E-state index contributed by atoms with van der Waals surface area (Å²) in [6, 6.07) is 19.5. The Hall–Kier alpha value is -2.58. The minimum absolute atomic E-state index is 0.0364. The van der Waals surface area contributed by atoms with E-state index < -0.39 is 15.9 Å². The van der Waals surface area contributed by atoms with Crippen molar-refractivity contribution in [1.29, 1.82) is 0 Å². The Bertz CT molecular complexity index is 1160. The number of halogens is 3. The number of fused-ring (bicyclic) bond motifs is 1. The van der Waals surface area contributed by atoms with E-state index in [1.807, 2.05) is 42.5 Å². The molecule has 0 bridgehead atoms. The number of thiocarbonyl (C=S) groups is 1. The zero-order chi connectivity index (χ0) is 23.3. The largest absolute Gasteiger partial charge is 0.478 e. The summed E-state index contributed by atoms with van der Waals surface area (Å²) in [7, 11) is 0. The van der Waals surface area contributed by atoms with Gasteiger partial charge in [0.2, 0.25) is 9.70 Å². The van der Waals surface area contributed by atoms with E-state index in [0.29, 0.717) is 5.69 Å². The fourth-order valence-corrected chi connectivity index (χ4v) is 3.62. The van der Waals surface area contributed by atoms with Gasteiger partial charge in [0.05, 0.1) is 12.0 Å². The zero-order valence-electron chi connectivity index (χ0n) is 16.4. The first-order chi connectivity index (χ1) is 15.1. The molecule has 6 nitrogen and oxygen atoms in total. The van der Waals surface area contributed by atoms with Gasteiger partial charge in [0, 0.05) is 5.69 Å². The molecule has 3 aromatic rings. The van der Waals surface area contributed by atoms with Crippen molar-refractivity contribution < 1.29 is 14.7 Å². The molecular formula is C22H18Cl3N3O3S. The number of nitrogens with one attached hydrogen (secondary N) is 3. The number of benzene rings is 3. The number of carbonyl (C=O) groups excluding carboxylic acids is 1. The van der Waals surface area contributed by atoms with Gasteiger partial charge < -0.3 is 21.1 Å². The number of hydrogen-bond donors (Lipinski definition) is 4. The average Bonchev–Trinajstić information content (AvgIpc) is 2.73. The summed E-state index contributed by atoms with van der Waals surface area (Å²) in [6.07, 6.45) is -1.07. The van der Waals surface area contributed by atoms with Crippen LogP contribution in [0.5, 0.6) is 0 Å². The fraction of sp³-hybridized carbons (Fsp3) is 0.136. The van der Waals surface area contributed by atoms with E-state index in [1.165, 1.54) is 12.1 Å². The number of hydrogen-bond acceptors (Lipinski definition) is 3. The summed E-state index contributed by atoms with van der Waals surface area (Å²) in [5.74, 6) is -1.45. The number of carboxylic acids is 1. The zero-order valence-corrected chi connectivity index (χ0v) is 19.5. The van der Waals surface area contributed by atoms with Crippen molar-refractivity contribution in [2.45, 2.75) is 16.4 Å². The summed E-state index contributed by atoms with van der Waals surface area (Å²) in [5, 5.41) is 19.3. The predicted molar refractivity (Wildman–Crippen MR) is 133 cm³/mol. The highest BCUT2D eigenvalue weighted by atomic mass is 35.6. The second-order valence-corrected chi connectivity index (χ2v) is 9.62. The van der Waals surface area contributed by atoms with E-state index in [0.717, 1.165) is 16.3 Å². The highest BCUT2D eigenvalue weighted by Crippen LogP contribution is 2.29. The van der Waals surface area contributed by atoms with Crippen LogP contribution < -0.4 is 16.0 Å². The quantitative estimate of drug-likeness (QED) is 0.215. The van der Waals surface area contributed by atoms with Crippen LogP contribution in [-0.4, -0.2) is 32.1 Å². The third-order valence-electron chi connectivity index (χ3n) is 4.51. The highest BCUT2D eigenvalue weighted by Gasteiger charge is 2.34. The Morgan fingerprint density at radius 1 is 0.969 bits per heavy atom. The van der Waals surface area contributed by atoms with Gasteiger partial charge in [0.25, 0.3) is 0 Å². The molecule has 0 aromatic heterocycles. The molecule has 0 aliphatic carbocycles. The van der Waals surface area contributed by atoms with Crippen LogP contribution in [0, 0.1) is 0 Å². The third kappa shape index (κ3) is 6.46. The number of carbonyl (C=O) groups is 2. The predicted octanol–water partition coefficient (Wildman–Crippen LogP) is 4.88. The normalized spacial score (nSPS) is 12.1. The topological polar surface area (TPSA) is 90.5 Å². The van der Waals surface area contributed by atoms with Crippen molar-refractivity contribution in [2.24, 2.45) is 0 Å². The van der Waals surface area contributed by atoms with Crippen molar-refractivity contribution in [1.82, 2.24) is 10.6 Å². The molecule has 3 aromatic carbocycles. The molecule has 1 amide bonds. The Morgan fingerprint density at radius 3 is 2.38 bits per heavy atom. The second kappa shape index (κ2) is 10.4. The lowest BCUT2D eigenvalue weighted by Crippen LogP contribution is -2.56. The minimum atomic E-state index is -1.91. The molecule has 10 heteroatoms. The number of anilines is 1. The van der Waals surface area contributed by atoms with Crippen molar-refractivity contribution in [2.75, 3.05) is 5.32 Å². The lowest BCUT2D eigenvalue weighted by atomic mass is 10.0. The molecular weight excluding hydrogens is 493 g/mol. The van der Waals surface area contributed by atoms with Crippen LogP contribution in [0.3, 0.4) is 0 Å². The number of alkyl halides is 3. The molecule has 0 radical (unpaired) electrons. The summed E-state index contributed by atoms with van der Waals surface area (Å²) in [5.41, 5.74) is 1.33. The maximum atomic E-state index is 12.7. The molecule has 0 spiro atoms. The van der Waals surface area contributed by atoms with Gasteiger partial charge in [0.1, 0.15) is 6.17 Å². The van der Waals surface area contributed by atoms with E-state index in [-0.39, 0.29) is 23.0 Å². The Kier molecular flexibility index (Phi) is 7.79. The van der Waals surface area contributed by atoms with Crippen LogP contribution in [0.1, 0.15) is 15.9 Å². The van der Waals surface area contributed by atoms with E-state index in [1.54, 1.807) is 12.1 Å². The van der Waals surface area contributed by atoms with E-state index in [2.05, 4.69) is 16.0 Å². The summed E-state index contributed by atoms with van der Waals surface area (Å²) < 4.78 is -1.91. The molecule has 1 atom stereocenters. The molecule has 3 rings (SSSR count). The van der Waals surface area contributed by atoms with E-state index in [4.69, 9.17) is 52.1 Å². The van der Waals surface area contributed by atoms with Crippen molar-refractivity contribution in [3.05, 3.63) is 77.9 Å².